The Labute approximate surface area is 197 Å². The van der Waals surface area contributed by atoms with Crippen LogP contribution < -0.4 is 21.6 Å². The lowest BCUT2D eigenvalue weighted by Crippen LogP contribution is -2.67. The van der Waals surface area contributed by atoms with Gasteiger partial charge in [-0.05, 0) is 15.4 Å². The zero-order valence-corrected chi connectivity index (χ0v) is 20.3. The molecule has 1 saturated heterocycles. The monoisotopic (exact) mass is 486 g/mol. The molecule has 0 spiro atoms. The standard InChI is InChI=1S/C25H28F2N2O4Si/c1-25(2,3)34(18-10-6-4-7-11-18,19-12-8-5-9-13-19)32-16-17-14-20(26)23(33-17)29-15-21(27)22(30)28-24(29)31/h4-13,15,17,20,23H,14,16H2,1-3H3,(H,28,30,31)/t17-,20+,23+/m0/s1. The summed E-state index contributed by atoms with van der Waals surface area (Å²) in [6.07, 6.45) is -2.88. The summed E-state index contributed by atoms with van der Waals surface area (Å²) in [5, 5.41) is 1.90. The van der Waals surface area contributed by atoms with E-state index in [9.17, 15) is 18.4 Å². The number of H-pyrrole nitrogens is 1. The molecule has 3 aromatic rings. The molecule has 34 heavy (non-hydrogen) atoms. The van der Waals surface area contributed by atoms with Gasteiger partial charge in [0.25, 0.3) is 13.9 Å². The highest BCUT2D eigenvalue weighted by atomic mass is 28.4. The predicted octanol–water partition coefficient (Wildman–Crippen LogP) is 2.88. The number of rotatable bonds is 6. The summed E-state index contributed by atoms with van der Waals surface area (Å²) in [5.41, 5.74) is -2.08. The van der Waals surface area contributed by atoms with Gasteiger partial charge in [0.15, 0.2) is 6.23 Å². The average molecular weight is 487 g/mol. The highest BCUT2D eigenvalue weighted by Crippen LogP contribution is 2.38. The van der Waals surface area contributed by atoms with E-state index in [1.165, 1.54) is 0 Å². The maximum atomic E-state index is 14.9. The lowest BCUT2D eigenvalue weighted by Gasteiger charge is -2.43. The maximum Gasteiger partial charge on any atom is 0.330 e. The molecule has 0 amide bonds. The Balaban J connectivity index is 1.65. The zero-order valence-electron chi connectivity index (χ0n) is 19.3. The third-order valence-corrected chi connectivity index (χ3v) is 11.2. The van der Waals surface area contributed by atoms with Gasteiger partial charge in [0.1, 0.15) is 6.17 Å². The van der Waals surface area contributed by atoms with E-state index in [1.807, 2.05) is 41.4 Å². The molecule has 1 aliphatic rings. The zero-order chi connectivity index (χ0) is 24.5. The van der Waals surface area contributed by atoms with Gasteiger partial charge in [-0.25, -0.2) is 9.18 Å². The third kappa shape index (κ3) is 4.43. The lowest BCUT2D eigenvalue weighted by molar-refractivity contribution is -0.0375. The first-order chi connectivity index (χ1) is 16.1. The molecule has 0 bridgehead atoms. The van der Waals surface area contributed by atoms with Crippen LogP contribution in [0.1, 0.15) is 33.4 Å². The number of aromatic amines is 1. The highest BCUT2D eigenvalue weighted by Gasteiger charge is 2.51. The Morgan fingerprint density at radius 3 is 2.15 bits per heavy atom. The number of ether oxygens (including phenoxy) is 1. The molecule has 9 heteroatoms. The molecule has 4 rings (SSSR count). The normalized spacial score (nSPS) is 21.0. The van der Waals surface area contributed by atoms with Gasteiger partial charge in [0.2, 0.25) is 5.82 Å². The molecule has 1 aromatic heterocycles. The molecule has 6 nitrogen and oxygen atoms in total. The van der Waals surface area contributed by atoms with Crippen LogP contribution in [-0.4, -0.2) is 36.8 Å². The molecule has 1 N–H and O–H groups in total. The van der Waals surface area contributed by atoms with Crippen LogP contribution in [0.4, 0.5) is 8.78 Å². The molecule has 180 valence electrons. The summed E-state index contributed by atoms with van der Waals surface area (Å²) in [5.74, 6) is -1.18. The van der Waals surface area contributed by atoms with Crippen LogP contribution in [0.5, 0.6) is 0 Å². The van der Waals surface area contributed by atoms with Crippen LogP contribution in [0.15, 0.2) is 76.4 Å². The van der Waals surface area contributed by atoms with Crippen LogP contribution >= 0.6 is 0 Å². The summed E-state index contributed by atoms with van der Waals surface area (Å²) < 4.78 is 42.0. The second-order valence-electron chi connectivity index (χ2n) is 9.52. The predicted molar refractivity (Wildman–Crippen MR) is 128 cm³/mol. The van der Waals surface area contributed by atoms with E-state index in [0.29, 0.717) is 6.20 Å². The molecule has 3 atom stereocenters. The summed E-state index contributed by atoms with van der Waals surface area (Å²) in [4.78, 5) is 25.3. The number of hydrogen-bond acceptors (Lipinski definition) is 4. The largest absolute Gasteiger partial charge is 0.405 e. The quantitative estimate of drug-likeness (QED) is 0.544. The van der Waals surface area contributed by atoms with E-state index in [0.717, 1.165) is 14.9 Å². The minimum Gasteiger partial charge on any atom is -0.405 e. The third-order valence-electron chi connectivity index (χ3n) is 6.23. The average Bonchev–Trinajstić information content (AvgIpc) is 3.17. The van der Waals surface area contributed by atoms with Crippen molar-refractivity contribution in [2.45, 2.75) is 50.7 Å². The van der Waals surface area contributed by atoms with Crippen LogP contribution in [0, 0.1) is 5.82 Å². The van der Waals surface area contributed by atoms with E-state index in [2.05, 4.69) is 45.0 Å². The van der Waals surface area contributed by atoms with E-state index in [-0.39, 0.29) is 18.1 Å². The van der Waals surface area contributed by atoms with Crippen molar-refractivity contribution in [2.24, 2.45) is 0 Å². The van der Waals surface area contributed by atoms with E-state index in [1.54, 1.807) is 0 Å². The van der Waals surface area contributed by atoms with Crippen molar-refractivity contribution in [3.05, 3.63) is 93.5 Å². The number of halogens is 2. The topological polar surface area (TPSA) is 73.3 Å². The molecule has 0 radical (unpaired) electrons. The van der Waals surface area contributed by atoms with Crippen LogP contribution in [0.3, 0.4) is 0 Å². The first-order valence-electron chi connectivity index (χ1n) is 11.2. The minimum atomic E-state index is -2.85. The van der Waals surface area contributed by atoms with Crippen molar-refractivity contribution in [3.8, 4) is 0 Å². The Hall–Kier alpha value is -2.88. The summed E-state index contributed by atoms with van der Waals surface area (Å²) in [7, 11) is -2.85. The first-order valence-corrected chi connectivity index (χ1v) is 13.1. The summed E-state index contributed by atoms with van der Waals surface area (Å²) >= 11 is 0. The first kappa shape index (κ1) is 24.2. The second-order valence-corrected chi connectivity index (χ2v) is 13.8. The smallest absolute Gasteiger partial charge is 0.330 e. The Kier molecular flexibility index (Phi) is 6.70. The van der Waals surface area contributed by atoms with Crippen LogP contribution in [0.2, 0.25) is 5.04 Å². The SMILES string of the molecule is CC(C)(C)[Si](OC[C@@H]1C[C@@H](F)[C@H](n2cc(F)c(=O)[nH]c2=O)O1)(c1ccccc1)c1ccccc1. The highest BCUT2D eigenvalue weighted by molar-refractivity contribution is 6.99. The maximum absolute atomic E-state index is 14.9. The fraction of sp³-hybridized carbons (Fsp3) is 0.360. The fourth-order valence-corrected chi connectivity index (χ4v) is 9.27. The molecule has 1 aliphatic heterocycles. The number of benzene rings is 2. The van der Waals surface area contributed by atoms with Gasteiger partial charge >= 0.3 is 5.69 Å². The van der Waals surface area contributed by atoms with Gasteiger partial charge in [0.05, 0.1) is 18.9 Å². The number of nitrogens with one attached hydrogen (secondary N) is 1. The summed E-state index contributed by atoms with van der Waals surface area (Å²) in [6.45, 7) is 6.51. The minimum absolute atomic E-state index is 0.0178. The number of nitrogens with zero attached hydrogens (tertiary/aromatic N) is 1. The Morgan fingerprint density at radius 2 is 1.62 bits per heavy atom. The Bertz CT molecular complexity index is 1200. The molecule has 2 aromatic carbocycles. The van der Waals surface area contributed by atoms with Gasteiger partial charge < -0.3 is 9.16 Å². The van der Waals surface area contributed by atoms with Crippen molar-refractivity contribution in [2.75, 3.05) is 6.61 Å². The molecule has 0 unspecified atom stereocenters. The second kappa shape index (κ2) is 9.40. The van der Waals surface area contributed by atoms with E-state index in [4.69, 9.17) is 9.16 Å². The molecular formula is C25H28F2N2O4Si. The fourth-order valence-electron chi connectivity index (χ4n) is 4.68. The van der Waals surface area contributed by atoms with E-state index >= 15 is 0 Å². The Morgan fingerprint density at radius 1 is 1.06 bits per heavy atom. The van der Waals surface area contributed by atoms with Crippen LogP contribution in [-0.2, 0) is 9.16 Å². The van der Waals surface area contributed by atoms with Gasteiger partial charge in [-0.15, -0.1) is 0 Å². The molecule has 0 aliphatic carbocycles. The van der Waals surface area contributed by atoms with Crippen molar-refractivity contribution >= 4 is 18.7 Å². The van der Waals surface area contributed by atoms with Crippen molar-refractivity contribution in [1.29, 1.82) is 0 Å². The number of aromatic nitrogens is 2. The molecule has 2 heterocycles. The van der Waals surface area contributed by atoms with Gasteiger partial charge in [-0.2, -0.15) is 4.39 Å². The lowest BCUT2D eigenvalue weighted by atomic mass is 10.2. The van der Waals surface area contributed by atoms with Gasteiger partial charge in [-0.3, -0.25) is 14.3 Å². The van der Waals surface area contributed by atoms with Gasteiger partial charge in [-0.1, -0.05) is 81.4 Å². The van der Waals surface area contributed by atoms with Crippen molar-refractivity contribution < 1.29 is 17.9 Å². The molecular weight excluding hydrogens is 458 g/mol. The molecule has 1 fully saturated rings. The van der Waals surface area contributed by atoms with Crippen LogP contribution in [0.25, 0.3) is 0 Å². The van der Waals surface area contributed by atoms with Gasteiger partial charge in [0, 0.05) is 6.42 Å². The van der Waals surface area contributed by atoms with E-state index < -0.39 is 43.9 Å². The van der Waals surface area contributed by atoms with Crippen molar-refractivity contribution in [3.63, 3.8) is 0 Å². The molecule has 0 saturated carbocycles. The van der Waals surface area contributed by atoms with Crippen molar-refractivity contribution in [1.82, 2.24) is 9.55 Å². The number of hydrogen-bond donors (Lipinski definition) is 1. The number of alkyl halides is 1. The summed E-state index contributed by atoms with van der Waals surface area (Å²) in [6, 6.07) is 20.1.